The zero-order valence-electron chi connectivity index (χ0n) is 17.8. The van der Waals surface area contributed by atoms with E-state index in [-0.39, 0.29) is 5.91 Å². The zero-order chi connectivity index (χ0) is 21.8. The zero-order valence-corrected chi connectivity index (χ0v) is 17.8. The summed E-state index contributed by atoms with van der Waals surface area (Å²) in [7, 11) is 0. The molecule has 3 heterocycles. The second-order valence-electron chi connectivity index (χ2n) is 7.91. The number of rotatable bonds is 6. The lowest BCUT2D eigenvalue weighted by Gasteiger charge is -2.35. The molecule has 1 saturated heterocycles. The Morgan fingerprint density at radius 1 is 0.875 bits per heavy atom. The summed E-state index contributed by atoms with van der Waals surface area (Å²) in [6.07, 6.45) is 3.94. The summed E-state index contributed by atoms with van der Waals surface area (Å²) < 4.78 is 1.73. The predicted molar refractivity (Wildman–Crippen MR) is 123 cm³/mol. The molecular weight excluding hydrogens is 402 g/mol. The van der Waals surface area contributed by atoms with E-state index in [0.717, 1.165) is 24.3 Å². The summed E-state index contributed by atoms with van der Waals surface area (Å²) in [5.74, 6) is 0.997. The molecule has 4 aromatic rings. The molecule has 8 nitrogen and oxygen atoms in total. The van der Waals surface area contributed by atoms with Gasteiger partial charge in [0.2, 0.25) is 5.91 Å². The average molecular weight is 428 g/mol. The molecule has 0 N–H and O–H groups in total. The van der Waals surface area contributed by atoms with Gasteiger partial charge in [-0.3, -0.25) is 4.79 Å². The van der Waals surface area contributed by atoms with Crippen molar-refractivity contribution in [1.82, 2.24) is 29.9 Å². The lowest BCUT2D eigenvalue weighted by atomic mass is 10.1. The Kier molecular flexibility index (Phi) is 5.74. The van der Waals surface area contributed by atoms with E-state index in [0.29, 0.717) is 43.8 Å². The third-order valence-corrected chi connectivity index (χ3v) is 5.85. The summed E-state index contributed by atoms with van der Waals surface area (Å²) in [5.41, 5.74) is 3.55. The highest BCUT2D eigenvalue weighted by atomic mass is 16.2. The second kappa shape index (κ2) is 9.13. The van der Waals surface area contributed by atoms with Gasteiger partial charge in [0, 0.05) is 32.6 Å². The van der Waals surface area contributed by atoms with Crippen molar-refractivity contribution in [3.8, 4) is 5.69 Å². The van der Waals surface area contributed by atoms with Crippen LogP contribution in [0, 0.1) is 0 Å². The van der Waals surface area contributed by atoms with E-state index in [9.17, 15) is 4.79 Å². The number of hydrogen-bond acceptors (Lipinski definition) is 6. The third-order valence-electron chi connectivity index (χ3n) is 5.85. The summed E-state index contributed by atoms with van der Waals surface area (Å²) in [4.78, 5) is 25.7. The number of fused-ring (bicyclic) bond motifs is 1. The number of amides is 1. The van der Waals surface area contributed by atoms with Crippen molar-refractivity contribution in [2.75, 3.05) is 31.1 Å². The Bertz CT molecular complexity index is 1180. The SMILES string of the molecule is O=C(CCCc1ccccc1)N1CCN(c2ncnc3c2nnn3-c2ccccc2)CC1. The number of carbonyl (C=O) groups is 1. The first-order chi connectivity index (χ1) is 15.8. The van der Waals surface area contributed by atoms with Gasteiger partial charge in [-0.15, -0.1) is 5.10 Å². The number of hydrogen-bond donors (Lipinski definition) is 0. The minimum Gasteiger partial charge on any atom is -0.351 e. The monoisotopic (exact) mass is 427 g/mol. The fourth-order valence-corrected chi connectivity index (χ4v) is 4.13. The number of aromatic nitrogens is 5. The van der Waals surface area contributed by atoms with Gasteiger partial charge < -0.3 is 9.80 Å². The largest absolute Gasteiger partial charge is 0.351 e. The Labute approximate surface area is 186 Å². The van der Waals surface area contributed by atoms with Crippen LogP contribution in [0.5, 0.6) is 0 Å². The van der Waals surface area contributed by atoms with Crippen molar-refractivity contribution in [3.05, 3.63) is 72.6 Å². The molecule has 0 radical (unpaired) electrons. The molecule has 8 heteroatoms. The van der Waals surface area contributed by atoms with E-state index < -0.39 is 0 Å². The maximum Gasteiger partial charge on any atom is 0.222 e. The molecule has 1 amide bonds. The Hall–Kier alpha value is -3.81. The van der Waals surface area contributed by atoms with Gasteiger partial charge in [0.05, 0.1) is 5.69 Å². The first-order valence-electron chi connectivity index (χ1n) is 11.0. The van der Waals surface area contributed by atoms with Gasteiger partial charge in [0.25, 0.3) is 0 Å². The Morgan fingerprint density at radius 2 is 1.59 bits per heavy atom. The summed E-state index contributed by atoms with van der Waals surface area (Å²) in [6.45, 7) is 2.80. The van der Waals surface area contributed by atoms with Crippen LogP contribution in [-0.4, -0.2) is 61.9 Å². The average Bonchev–Trinajstić information content (AvgIpc) is 3.30. The van der Waals surface area contributed by atoms with Crippen LogP contribution in [0.25, 0.3) is 16.9 Å². The molecule has 0 atom stereocenters. The highest BCUT2D eigenvalue weighted by Gasteiger charge is 2.24. The summed E-state index contributed by atoms with van der Waals surface area (Å²) in [6, 6.07) is 20.1. The van der Waals surface area contributed by atoms with Crippen molar-refractivity contribution < 1.29 is 4.79 Å². The molecule has 2 aromatic carbocycles. The van der Waals surface area contributed by atoms with Crippen LogP contribution < -0.4 is 4.90 Å². The maximum absolute atomic E-state index is 12.7. The number of benzene rings is 2. The Morgan fingerprint density at radius 3 is 2.34 bits per heavy atom. The minimum atomic E-state index is 0.225. The van der Waals surface area contributed by atoms with Crippen molar-refractivity contribution in [2.45, 2.75) is 19.3 Å². The van der Waals surface area contributed by atoms with Crippen LogP contribution in [0.1, 0.15) is 18.4 Å². The molecule has 0 unspecified atom stereocenters. The molecule has 162 valence electrons. The van der Waals surface area contributed by atoms with Gasteiger partial charge in [0.1, 0.15) is 6.33 Å². The number of piperazine rings is 1. The van der Waals surface area contributed by atoms with Crippen molar-refractivity contribution in [2.24, 2.45) is 0 Å². The fourth-order valence-electron chi connectivity index (χ4n) is 4.13. The molecule has 0 aliphatic carbocycles. The maximum atomic E-state index is 12.7. The summed E-state index contributed by atoms with van der Waals surface area (Å²) in [5, 5.41) is 8.66. The van der Waals surface area contributed by atoms with Crippen molar-refractivity contribution in [3.63, 3.8) is 0 Å². The van der Waals surface area contributed by atoms with Crippen LogP contribution in [0.4, 0.5) is 5.82 Å². The van der Waals surface area contributed by atoms with Crippen LogP contribution in [0.2, 0.25) is 0 Å². The van der Waals surface area contributed by atoms with Crippen molar-refractivity contribution >= 4 is 22.9 Å². The van der Waals surface area contributed by atoms with E-state index in [4.69, 9.17) is 0 Å². The van der Waals surface area contributed by atoms with Gasteiger partial charge in [-0.2, -0.15) is 4.68 Å². The molecule has 0 saturated carbocycles. The molecule has 1 aliphatic rings. The third kappa shape index (κ3) is 4.16. The molecule has 5 rings (SSSR count). The fraction of sp³-hybridized carbons (Fsp3) is 0.292. The molecule has 32 heavy (non-hydrogen) atoms. The second-order valence-corrected chi connectivity index (χ2v) is 7.91. The van der Waals surface area contributed by atoms with Gasteiger partial charge in [0.15, 0.2) is 17.0 Å². The van der Waals surface area contributed by atoms with Gasteiger partial charge in [-0.05, 0) is 30.5 Å². The van der Waals surface area contributed by atoms with Gasteiger partial charge >= 0.3 is 0 Å². The van der Waals surface area contributed by atoms with Gasteiger partial charge in [-0.25, -0.2) is 9.97 Å². The number of anilines is 1. The molecule has 1 aliphatic heterocycles. The molecular formula is C24H25N7O. The first-order valence-corrected chi connectivity index (χ1v) is 11.0. The van der Waals surface area contributed by atoms with Crippen LogP contribution in [0.3, 0.4) is 0 Å². The number of carbonyl (C=O) groups excluding carboxylic acids is 1. The van der Waals surface area contributed by atoms with E-state index in [2.05, 4.69) is 37.3 Å². The number of para-hydroxylation sites is 1. The number of aryl methyl sites for hydroxylation is 1. The van der Waals surface area contributed by atoms with E-state index in [1.165, 1.54) is 5.56 Å². The lowest BCUT2D eigenvalue weighted by molar-refractivity contribution is -0.131. The van der Waals surface area contributed by atoms with E-state index >= 15 is 0 Å². The van der Waals surface area contributed by atoms with E-state index in [1.54, 1.807) is 11.0 Å². The summed E-state index contributed by atoms with van der Waals surface area (Å²) >= 11 is 0. The quantitative estimate of drug-likeness (QED) is 0.471. The minimum absolute atomic E-state index is 0.225. The highest BCUT2D eigenvalue weighted by molar-refractivity contribution is 5.84. The predicted octanol–water partition coefficient (Wildman–Crippen LogP) is 2.88. The molecule has 1 fully saturated rings. The van der Waals surface area contributed by atoms with Crippen molar-refractivity contribution in [1.29, 1.82) is 0 Å². The smallest absolute Gasteiger partial charge is 0.222 e. The normalized spacial score (nSPS) is 14.1. The topological polar surface area (TPSA) is 80.0 Å². The standard InChI is InChI=1S/C24H25N7O/c32-21(13-7-10-19-8-3-1-4-9-19)29-14-16-30(17-15-29)23-22-24(26-18-25-23)31(28-27-22)20-11-5-2-6-12-20/h1-6,8-9,11-12,18H,7,10,13-17H2. The van der Waals surface area contributed by atoms with E-state index in [1.807, 2.05) is 53.4 Å². The van der Waals surface area contributed by atoms with Crippen LogP contribution in [-0.2, 0) is 11.2 Å². The lowest BCUT2D eigenvalue weighted by Crippen LogP contribution is -2.49. The molecule has 0 bridgehead atoms. The van der Waals surface area contributed by atoms with Crippen LogP contribution in [0.15, 0.2) is 67.0 Å². The Balaban J connectivity index is 1.22. The number of nitrogens with zero attached hydrogens (tertiary/aromatic N) is 7. The molecule has 2 aromatic heterocycles. The van der Waals surface area contributed by atoms with Crippen LogP contribution >= 0.6 is 0 Å². The first kappa shape index (κ1) is 20.1. The molecule has 0 spiro atoms. The van der Waals surface area contributed by atoms with Gasteiger partial charge in [-0.1, -0.05) is 53.7 Å². The highest BCUT2D eigenvalue weighted by Crippen LogP contribution is 2.23.